The van der Waals surface area contributed by atoms with E-state index in [2.05, 4.69) is 0 Å². The standard InChI is InChI=1S/C12H16Cl2O2/c13-11-6-5-10(9-12(11)14)16-8-4-2-1-3-7-15/h5-6,9,15H,1-4,7-8H2. The van der Waals surface area contributed by atoms with E-state index in [1.807, 2.05) is 6.07 Å². The third-order valence-electron chi connectivity index (χ3n) is 2.21. The summed E-state index contributed by atoms with van der Waals surface area (Å²) >= 11 is 11.6. The van der Waals surface area contributed by atoms with E-state index in [1.165, 1.54) is 0 Å². The lowest BCUT2D eigenvalue weighted by atomic mass is 10.2. The molecule has 1 N–H and O–H groups in total. The first-order valence-corrected chi connectivity index (χ1v) is 6.18. The van der Waals surface area contributed by atoms with Crippen LogP contribution in [0.15, 0.2) is 18.2 Å². The van der Waals surface area contributed by atoms with Gasteiger partial charge in [0.1, 0.15) is 5.75 Å². The van der Waals surface area contributed by atoms with Gasteiger partial charge in [-0.05, 0) is 31.4 Å². The summed E-state index contributed by atoms with van der Waals surface area (Å²) in [6, 6.07) is 5.25. The molecule has 0 aromatic heterocycles. The van der Waals surface area contributed by atoms with Gasteiger partial charge in [-0.2, -0.15) is 0 Å². The van der Waals surface area contributed by atoms with Gasteiger partial charge in [0, 0.05) is 12.7 Å². The molecule has 16 heavy (non-hydrogen) atoms. The zero-order chi connectivity index (χ0) is 11.8. The van der Waals surface area contributed by atoms with E-state index in [0.29, 0.717) is 16.7 Å². The number of hydrogen-bond acceptors (Lipinski definition) is 2. The topological polar surface area (TPSA) is 29.5 Å². The highest BCUT2D eigenvalue weighted by Gasteiger charge is 1.99. The maximum absolute atomic E-state index is 8.60. The number of ether oxygens (including phenoxy) is 1. The van der Waals surface area contributed by atoms with Crippen LogP contribution < -0.4 is 4.74 Å². The maximum atomic E-state index is 8.60. The summed E-state index contributed by atoms with van der Waals surface area (Å²) in [6.07, 6.45) is 3.97. The van der Waals surface area contributed by atoms with Crippen LogP contribution in [0.1, 0.15) is 25.7 Å². The van der Waals surface area contributed by atoms with Gasteiger partial charge in [0.15, 0.2) is 0 Å². The zero-order valence-corrected chi connectivity index (χ0v) is 10.6. The van der Waals surface area contributed by atoms with Gasteiger partial charge in [-0.3, -0.25) is 0 Å². The van der Waals surface area contributed by atoms with Crippen LogP contribution in [0.4, 0.5) is 0 Å². The molecule has 0 unspecified atom stereocenters. The molecule has 0 aliphatic heterocycles. The highest BCUT2D eigenvalue weighted by Crippen LogP contribution is 2.26. The van der Waals surface area contributed by atoms with E-state index in [0.717, 1.165) is 31.4 Å². The molecule has 4 heteroatoms. The SMILES string of the molecule is OCCCCCCOc1ccc(Cl)c(Cl)c1. The third kappa shape index (κ3) is 5.06. The molecule has 0 saturated heterocycles. The predicted octanol–water partition coefficient (Wildman–Crippen LogP) is 3.92. The van der Waals surface area contributed by atoms with Crippen molar-refractivity contribution in [3.63, 3.8) is 0 Å². The van der Waals surface area contributed by atoms with Crippen molar-refractivity contribution in [3.05, 3.63) is 28.2 Å². The molecule has 0 radical (unpaired) electrons. The van der Waals surface area contributed by atoms with E-state index in [4.69, 9.17) is 33.0 Å². The van der Waals surface area contributed by atoms with Gasteiger partial charge in [-0.25, -0.2) is 0 Å². The van der Waals surface area contributed by atoms with Crippen molar-refractivity contribution in [2.45, 2.75) is 25.7 Å². The maximum Gasteiger partial charge on any atom is 0.120 e. The Morgan fingerprint density at radius 1 is 1.00 bits per heavy atom. The van der Waals surface area contributed by atoms with Crippen LogP contribution in [0, 0.1) is 0 Å². The Bertz CT molecular complexity index is 316. The Labute approximate surface area is 106 Å². The van der Waals surface area contributed by atoms with Crippen LogP contribution in [0.5, 0.6) is 5.75 Å². The second-order valence-corrected chi connectivity index (χ2v) is 4.38. The summed E-state index contributed by atoms with van der Waals surface area (Å²) in [7, 11) is 0. The van der Waals surface area contributed by atoms with Gasteiger partial charge in [-0.1, -0.05) is 29.6 Å². The molecule has 0 amide bonds. The van der Waals surface area contributed by atoms with Crippen molar-refractivity contribution in [1.82, 2.24) is 0 Å². The van der Waals surface area contributed by atoms with Crippen molar-refractivity contribution in [1.29, 1.82) is 0 Å². The van der Waals surface area contributed by atoms with Crippen LogP contribution >= 0.6 is 23.2 Å². The normalized spacial score (nSPS) is 10.4. The average molecular weight is 263 g/mol. The molecule has 2 nitrogen and oxygen atoms in total. The second-order valence-electron chi connectivity index (χ2n) is 3.56. The number of hydrogen-bond donors (Lipinski definition) is 1. The summed E-state index contributed by atoms with van der Waals surface area (Å²) in [5.74, 6) is 0.747. The first-order chi connectivity index (χ1) is 7.74. The molecule has 0 saturated carbocycles. The van der Waals surface area contributed by atoms with Crippen LogP contribution in [0.2, 0.25) is 10.0 Å². The van der Waals surface area contributed by atoms with Crippen LogP contribution in [0.3, 0.4) is 0 Å². The summed E-state index contributed by atoms with van der Waals surface area (Å²) in [4.78, 5) is 0. The number of unbranched alkanes of at least 4 members (excludes halogenated alkanes) is 3. The van der Waals surface area contributed by atoms with Gasteiger partial charge in [0.25, 0.3) is 0 Å². The van der Waals surface area contributed by atoms with Crippen molar-refractivity contribution in [2.75, 3.05) is 13.2 Å². The summed E-state index contributed by atoms with van der Waals surface area (Å²) in [6.45, 7) is 0.942. The highest BCUT2D eigenvalue weighted by molar-refractivity contribution is 6.42. The number of aliphatic hydroxyl groups excluding tert-OH is 1. The number of benzene rings is 1. The summed E-state index contributed by atoms with van der Waals surface area (Å²) < 4.78 is 5.52. The van der Waals surface area contributed by atoms with Gasteiger partial charge in [0.2, 0.25) is 0 Å². The Balaban J connectivity index is 2.19. The fourth-order valence-electron chi connectivity index (χ4n) is 1.32. The lowest BCUT2D eigenvalue weighted by Gasteiger charge is -2.06. The fourth-order valence-corrected chi connectivity index (χ4v) is 1.61. The Morgan fingerprint density at radius 2 is 1.75 bits per heavy atom. The van der Waals surface area contributed by atoms with Crippen molar-refractivity contribution >= 4 is 23.2 Å². The molecule has 0 heterocycles. The first-order valence-electron chi connectivity index (χ1n) is 5.43. The van der Waals surface area contributed by atoms with Crippen molar-refractivity contribution in [3.8, 4) is 5.75 Å². The lowest BCUT2D eigenvalue weighted by Crippen LogP contribution is -1.97. The lowest BCUT2D eigenvalue weighted by molar-refractivity contribution is 0.273. The first kappa shape index (κ1) is 13.6. The molecule has 0 aliphatic rings. The molecule has 1 aromatic carbocycles. The number of halogens is 2. The third-order valence-corrected chi connectivity index (χ3v) is 2.95. The van der Waals surface area contributed by atoms with Crippen molar-refractivity contribution < 1.29 is 9.84 Å². The van der Waals surface area contributed by atoms with E-state index < -0.39 is 0 Å². The molecule has 1 rings (SSSR count). The molecular weight excluding hydrogens is 247 g/mol. The minimum atomic E-state index is 0.271. The minimum Gasteiger partial charge on any atom is -0.494 e. The Hall–Kier alpha value is -0.440. The quantitative estimate of drug-likeness (QED) is 0.755. The predicted molar refractivity (Wildman–Crippen MR) is 67.5 cm³/mol. The Kier molecular flexibility index (Phi) is 6.62. The minimum absolute atomic E-state index is 0.271. The Morgan fingerprint density at radius 3 is 2.44 bits per heavy atom. The molecule has 0 spiro atoms. The molecule has 0 fully saturated rings. The van der Waals surface area contributed by atoms with Crippen LogP contribution in [0.25, 0.3) is 0 Å². The van der Waals surface area contributed by atoms with Gasteiger partial charge in [-0.15, -0.1) is 0 Å². The molecular formula is C12H16Cl2O2. The van der Waals surface area contributed by atoms with Crippen LogP contribution in [-0.2, 0) is 0 Å². The van der Waals surface area contributed by atoms with E-state index >= 15 is 0 Å². The van der Waals surface area contributed by atoms with Gasteiger partial charge < -0.3 is 9.84 Å². The fraction of sp³-hybridized carbons (Fsp3) is 0.500. The van der Waals surface area contributed by atoms with Gasteiger partial charge in [0.05, 0.1) is 16.7 Å². The summed E-state index contributed by atoms with van der Waals surface area (Å²) in [5.41, 5.74) is 0. The highest BCUT2D eigenvalue weighted by atomic mass is 35.5. The van der Waals surface area contributed by atoms with Crippen molar-refractivity contribution in [2.24, 2.45) is 0 Å². The van der Waals surface area contributed by atoms with E-state index in [1.54, 1.807) is 12.1 Å². The monoisotopic (exact) mass is 262 g/mol. The number of rotatable bonds is 7. The van der Waals surface area contributed by atoms with Crippen LogP contribution in [-0.4, -0.2) is 18.3 Å². The van der Waals surface area contributed by atoms with E-state index in [-0.39, 0.29) is 6.61 Å². The second kappa shape index (κ2) is 7.77. The number of aliphatic hydroxyl groups is 1. The molecule has 0 aliphatic carbocycles. The molecule has 0 atom stereocenters. The average Bonchev–Trinajstić information content (AvgIpc) is 2.28. The smallest absolute Gasteiger partial charge is 0.120 e. The zero-order valence-electron chi connectivity index (χ0n) is 9.09. The summed E-state index contributed by atoms with van der Waals surface area (Å²) in [5, 5.41) is 9.65. The molecule has 0 bridgehead atoms. The van der Waals surface area contributed by atoms with E-state index in [9.17, 15) is 0 Å². The molecule has 90 valence electrons. The molecule has 1 aromatic rings. The largest absolute Gasteiger partial charge is 0.494 e. The van der Waals surface area contributed by atoms with Gasteiger partial charge >= 0.3 is 0 Å².